The summed E-state index contributed by atoms with van der Waals surface area (Å²) in [4.78, 5) is 17.1. The number of ether oxygens (including phenoxy) is 2. The highest BCUT2D eigenvalue weighted by Gasteiger charge is 2.26. The summed E-state index contributed by atoms with van der Waals surface area (Å²) in [7, 11) is 3.19. The van der Waals surface area contributed by atoms with Gasteiger partial charge in [0.05, 0.1) is 20.8 Å². The molecule has 1 aromatic carbocycles. The molecule has 0 aliphatic carbocycles. The number of amides is 1. The molecule has 0 aromatic heterocycles. The number of hydrogen-bond donors (Lipinski definition) is 2. The number of rotatable bonds is 6. The topological polar surface area (TPSA) is 66.1 Å². The van der Waals surface area contributed by atoms with E-state index >= 15 is 0 Å². The van der Waals surface area contributed by atoms with Crippen LogP contribution in [-0.4, -0.2) is 81.8 Å². The number of piperazine rings is 1. The predicted molar refractivity (Wildman–Crippen MR) is 97.5 cm³/mol. The first-order chi connectivity index (χ1) is 12.2. The SMILES string of the molecule is COc1cc(NC(=O)CN2CCN([C@H]3CCNC3)CC2)cc(OC)c1. The lowest BCUT2D eigenvalue weighted by Crippen LogP contribution is -2.52. The van der Waals surface area contributed by atoms with E-state index in [9.17, 15) is 4.79 Å². The van der Waals surface area contributed by atoms with Gasteiger partial charge in [-0.25, -0.2) is 0 Å². The van der Waals surface area contributed by atoms with Crippen molar-refractivity contribution in [2.75, 3.05) is 65.3 Å². The Labute approximate surface area is 149 Å². The summed E-state index contributed by atoms with van der Waals surface area (Å²) < 4.78 is 10.5. The number of hydrogen-bond acceptors (Lipinski definition) is 6. The summed E-state index contributed by atoms with van der Waals surface area (Å²) in [6.07, 6.45) is 1.23. The van der Waals surface area contributed by atoms with Gasteiger partial charge in [0.1, 0.15) is 11.5 Å². The van der Waals surface area contributed by atoms with Crippen molar-refractivity contribution in [3.8, 4) is 11.5 Å². The van der Waals surface area contributed by atoms with Gasteiger partial charge in [-0.2, -0.15) is 0 Å². The molecule has 0 saturated carbocycles. The van der Waals surface area contributed by atoms with E-state index < -0.39 is 0 Å². The second kappa shape index (κ2) is 8.51. The van der Waals surface area contributed by atoms with Crippen LogP contribution in [0.5, 0.6) is 11.5 Å². The van der Waals surface area contributed by atoms with Gasteiger partial charge in [-0.05, 0) is 13.0 Å². The van der Waals surface area contributed by atoms with Gasteiger partial charge < -0.3 is 20.1 Å². The van der Waals surface area contributed by atoms with Gasteiger partial charge in [-0.15, -0.1) is 0 Å². The molecule has 3 rings (SSSR count). The van der Waals surface area contributed by atoms with Crippen molar-refractivity contribution in [2.24, 2.45) is 0 Å². The molecule has 0 bridgehead atoms. The lowest BCUT2D eigenvalue weighted by molar-refractivity contribution is -0.117. The highest BCUT2D eigenvalue weighted by atomic mass is 16.5. The van der Waals surface area contributed by atoms with Crippen LogP contribution in [0.4, 0.5) is 5.69 Å². The summed E-state index contributed by atoms with van der Waals surface area (Å²) in [6, 6.07) is 6.05. The van der Waals surface area contributed by atoms with E-state index in [1.54, 1.807) is 32.4 Å². The van der Waals surface area contributed by atoms with Crippen LogP contribution in [0.15, 0.2) is 18.2 Å². The molecule has 7 nitrogen and oxygen atoms in total. The van der Waals surface area contributed by atoms with Crippen LogP contribution in [0, 0.1) is 0 Å². The Morgan fingerprint density at radius 1 is 1.16 bits per heavy atom. The quantitative estimate of drug-likeness (QED) is 0.786. The van der Waals surface area contributed by atoms with E-state index in [-0.39, 0.29) is 5.91 Å². The number of anilines is 1. The van der Waals surface area contributed by atoms with E-state index in [2.05, 4.69) is 20.4 Å². The van der Waals surface area contributed by atoms with Gasteiger partial charge in [0.2, 0.25) is 5.91 Å². The minimum atomic E-state index is -0.00807. The first-order valence-electron chi connectivity index (χ1n) is 8.88. The number of benzene rings is 1. The average Bonchev–Trinajstić information content (AvgIpc) is 3.16. The number of nitrogens with zero attached hydrogens (tertiary/aromatic N) is 2. The van der Waals surface area contributed by atoms with Crippen molar-refractivity contribution in [1.29, 1.82) is 0 Å². The highest BCUT2D eigenvalue weighted by molar-refractivity contribution is 5.92. The molecule has 2 aliphatic rings. The van der Waals surface area contributed by atoms with Crippen LogP contribution in [0.1, 0.15) is 6.42 Å². The van der Waals surface area contributed by atoms with Gasteiger partial charge in [0, 0.05) is 62.7 Å². The molecular weight excluding hydrogens is 320 g/mol. The van der Waals surface area contributed by atoms with Gasteiger partial charge in [0.15, 0.2) is 0 Å². The fourth-order valence-electron chi connectivity index (χ4n) is 3.52. The zero-order chi connectivity index (χ0) is 17.6. The molecule has 2 saturated heterocycles. The minimum absolute atomic E-state index is 0.00807. The van der Waals surface area contributed by atoms with Crippen molar-refractivity contribution in [2.45, 2.75) is 12.5 Å². The molecule has 0 radical (unpaired) electrons. The van der Waals surface area contributed by atoms with Crippen LogP contribution < -0.4 is 20.1 Å². The summed E-state index contributed by atoms with van der Waals surface area (Å²) in [5.74, 6) is 1.31. The van der Waals surface area contributed by atoms with Gasteiger partial charge >= 0.3 is 0 Å². The highest BCUT2D eigenvalue weighted by Crippen LogP contribution is 2.25. The van der Waals surface area contributed by atoms with E-state index in [0.29, 0.717) is 29.8 Å². The monoisotopic (exact) mass is 348 g/mol. The molecule has 2 heterocycles. The van der Waals surface area contributed by atoms with E-state index in [1.807, 2.05) is 0 Å². The number of carbonyl (C=O) groups is 1. The van der Waals surface area contributed by atoms with Crippen LogP contribution in [-0.2, 0) is 4.79 Å². The molecule has 7 heteroatoms. The standard InChI is InChI=1S/C18H28N4O3/c1-24-16-9-14(10-17(11-16)25-2)20-18(23)13-21-5-7-22(8-6-21)15-3-4-19-12-15/h9-11,15,19H,3-8,12-13H2,1-2H3,(H,20,23)/t15-/m0/s1. The summed E-state index contributed by atoms with van der Waals surface area (Å²) in [6.45, 7) is 6.57. The van der Waals surface area contributed by atoms with E-state index in [0.717, 1.165) is 39.3 Å². The number of carbonyl (C=O) groups excluding carboxylic acids is 1. The Hall–Kier alpha value is -1.83. The number of methoxy groups -OCH3 is 2. The van der Waals surface area contributed by atoms with Gasteiger partial charge in [0.25, 0.3) is 0 Å². The van der Waals surface area contributed by atoms with Gasteiger partial charge in [-0.1, -0.05) is 0 Å². The fraction of sp³-hybridized carbons (Fsp3) is 0.611. The average molecular weight is 348 g/mol. The second-order valence-corrected chi connectivity index (χ2v) is 6.61. The molecule has 138 valence electrons. The Balaban J connectivity index is 1.48. The largest absolute Gasteiger partial charge is 0.497 e. The first kappa shape index (κ1) is 18.0. The maximum absolute atomic E-state index is 12.4. The third-order valence-electron chi connectivity index (χ3n) is 4.96. The molecule has 1 amide bonds. The molecular formula is C18H28N4O3. The maximum atomic E-state index is 12.4. The zero-order valence-corrected chi connectivity index (χ0v) is 15.1. The second-order valence-electron chi connectivity index (χ2n) is 6.61. The lowest BCUT2D eigenvalue weighted by Gasteiger charge is -2.37. The Morgan fingerprint density at radius 2 is 1.84 bits per heavy atom. The molecule has 1 atom stereocenters. The van der Waals surface area contributed by atoms with E-state index in [4.69, 9.17) is 9.47 Å². The van der Waals surface area contributed by atoms with Crippen LogP contribution in [0.3, 0.4) is 0 Å². The van der Waals surface area contributed by atoms with Crippen molar-refractivity contribution in [3.63, 3.8) is 0 Å². The normalized spacial score (nSPS) is 21.9. The lowest BCUT2D eigenvalue weighted by atomic mass is 10.2. The molecule has 25 heavy (non-hydrogen) atoms. The van der Waals surface area contributed by atoms with Crippen LogP contribution in [0.2, 0.25) is 0 Å². The van der Waals surface area contributed by atoms with Crippen molar-refractivity contribution in [1.82, 2.24) is 15.1 Å². The maximum Gasteiger partial charge on any atom is 0.238 e. The van der Waals surface area contributed by atoms with Crippen molar-refractivity contribution >= 4 is 11.6 Å². The molecule has 2 aliphatic heterocycles. The molecule has 0 unspecified atom stereocenters. The van der Waals surface area contributed by atoms with Gasteiger partial charge in [-0.3, -0.25) is 14.6 Å². The Kier molecular flexibility index (Phi) is 6.12. The zero-order valence-electron chi connectivity index (χ0n) is 15.1. The number of nitrogens with one attached hydrogen (secondary N) is 2. The third kappa shape index (κ3) is 4.84. The molecule has 2 N–H and O–H groups in total. The Bertz CT molecular complexity index is 559. The third-order valence-corrected chi connectivity index (χ3v) is 4.96. The smallest absolute Gasteiger partial charge is 0.238 e. The van der Waals surface area contributed by atoms with Crippen molar-refractivity contribution < 1.29 is 14.3 Å². The van der Waals surface area contributed by atoms with Crippen LogP contribution in [0.25, 0.3) is 0 Å². The predicted octanol–water partition coefficient (Wildman–Crippen LogP) is 0.622. The molecule has 0 spiro atoms. The molecule has 1 aromatic rings. The summed E-state index contributed by atoms with van der Waals surface area (Å²) in [5, 5.41) is 6.36. The summed E-state index contributed by atoms with van der Waals surface area (Å²) in [5.41, 5.74) is 0.692. The summed E-state index contributed by atoms with van der Waals surface area (Å²) >= 11 is 0. The van der Waals surface area contributed by atoms with Crippen molar-refractivity contribution in [3.05, 3.63) is 18.2 Å². The fourth-order valence-corrected chi connectivity index (χ4v) is 3.52. The van der Waals surface area contributed by atoms with E-state index in [1.165, 1.54) is 6.42 Å². The van der Waals surface area contributed by atoms with Crippen LogP contribution >= 0.6 is 0 Å². The first-order valence-corrected chi connectivity index (χ1v) is 8.88. The minimum Gasteiger partial charge on any atom is -0.497 e. The molecule has 2 fully saturated rings. The Morgan fingerprint density at radius 3 is 2.40 bits per heavy atom.